The largest absolute Gasteiger partial charge is 0.416 e. The molecule has 2 rings (SSSR count). The van der Waals surface area contributed by atoms with Crippen molar-refractivity contribution < 1.29 is 26.5 Å². The van der Waals surface area contributed by atoms with Crippen molar-refractivity contribution in [2.75, 3.05) is 6.54 Å². The number of nitrogens with zero attached hydrogens (tertiary/aromatic N) is 2. The molecule has 0 fully saturated rings. The molecule has 0 bridgehead atoms. The summed E-state index contributed by atoms with van der Waals surface area (Å²) in [6.45, 7) is 3.02. The average molecular weight is 400 g/mol. The van der Waals surface area contributed by atoms with Crippen molar-refractivity contribution in [2.24, 2.45) is 0 Å². The number of nitro benzene ring substituents is 1. The van der Waals surface area contributed by atoms with Crippen LogP contribution in [0, 0.1) is 10.1 Å². The van der Waals surface area contributed by atoms with Crippen LogP contribution in [0.3, 0.4) is 0 Å². The number of halogens is 3. The quantitative estimate of drug-likeness (QED) is 0.400. The maximum absolute atomic E-state index is 12.9. The molecule has 2 aromatic carbocycles. The molecule has 0 aliphatic rings. The number of non-ortho nitro benzene ring substituents is 1. The predicted octanol–water partition coefficient (Wildman–Crippen LogP) is 3.99. The minimum atomic E-state index is -4.69. The Morgan fingerprint density at radius 1 is 1.15 bits per heavy atom. The van der Waals surface area contributed by atoms with Crippen molar-refractivity contribution >= 4 is 15.7 Å². The van der Waals surface area contributed by atoms with Crippen LogP contribution >= 0.6 is 0 Å². The lowest BCUT2D eigenvalue weighted by atomic mass is 10.2. The topological polar surface area (TPSA) is 80.5 Å². The molecule has 0 amide bonds. The molecule has 0 unspecified atom stereocenters. The monoisotopic (exact) mass is 400 g/mol. The molecule has 0 saturated carbocycles. The van der Waals surface area contributed by atoms with E-state index >= 15 is 0 Å². The van der Waals surface area contributed by atoms with Crippen LogP contribution in [-0.2, 0) is 22.7 Å². The van der Waals surface area contributed by atoms with E-state index in [1.165, 1.54) is 30.3 Å². The Hall–Kier alpha value is -2.72. The van der Waals surface area contributed by atoms with Crippen molar-refractivity contribution in [1.29, 1.82) is 0 Å². The van der Waals surface area contributed by atoms with Gasteiger partial charge in [-0.15, -0.1) is 6.58 Å². The molecule has 0 heterocycles. The zero-order valence-electron chi connectivity index (χ0n) is 13.9. The van der Waals surface area contributed by atoms with E-state index in [0.717, 1.165) is 22.5 Å². The fraction of sp³-hybridized carbons (Fsp3) is 0.176. The van der Waals surface area contributed by atoms with Crippen molar-refractivity contribution in [3.8, 4) is 0 Å². The zero-order valence-corrected chi connectivity index (χ0v) is 14.7. The highest BCUT2D eigenvalue weighted by Crippen LogP contribution is 2.31. The SMILES string of the molecule is C=CCN(Cc1cccc([N+](=O)[O-])c1)S(=O)(=O)c1cccc(C(F)(F)F)c1. The van der Waals surface area contributed by atoms with Gasteiger partial charge in [0.1, 0.15) is 0 Å². The Kier molecular flexibility index (Phi) is 6.01. The van der Waals surface area contributed by atoms with Gasteiger partial charge in [-0.05, 0) is 23.8 Å². The summed E-state index contributed by atoms with van der Waals surface area (Å²) >= 11 is 0. The third-order valence-electron chi connectivity index (χ3n) is 3.61. The van der Waals surface area contributed by atoms with Gasteiger partial charge in [-0.2, -0.15) is 17.5 Å². The number of benzene rings is 2. The van der Waals surface area contributed by atoms with E-state index in [9.17, 15) is 31.7 Å². The van der Waals surface area contributed by atoms with Crippen LogP contribution in [0.1, 0.15) is 11.1 Å². The number of alkyl halides is 3. The molecule has 6 nitrogen and oxygen atoms in total. The second-order valence-corrected chi connectivity index (χ2v) is 7.48. The Labute approximate surface area is 153 Å². The molecule has 27 heavy (non-hydrogen) atoms. The molecule has 0 radical (unpaired) electrons. The second kappa shape index (κ2) is 7.89. The van der Waals surface area contributed by atoms with Gasteiger partial charge in [0.15, 0.2) is 0 Å². The molecule has 0 saturated heterocycles. The van der Waals surface area contributed by atoms with Gasteiger partial charge in [0, 0.05) is 25.2 Å². The molecule has 0 atom stereocenters. The van der Waals surface area contributed by atoms with Gasteiger partial charge in [-0.1, -0.05) is 24.3 Å². The number of rotatable bonds is 7. The minimum Gasteiger partial charge on any atom is -0.258 e. The molecule has 0 aliphatic heterocycles. The maximum atomic E-state index is 12.9. The minimum absolute atomic E-state index is 0.179. The van der Waals surface area contributed by atoms with E-state index in [2.05, 4.69) is 6.58 Å². The van der Waals surface area contributed by atoms with Crippen LogP contribution in [0.15, 0.2) is 66.1 Å². The van der Waals surface area contributed by atoms with Gasteiger partial charge in [0.2, 0.25) is 10.0 Å². The maximum Gasteiger partial charge on any atom is 0.416 e. The highest BCUT2D eigenvalue weighted by molar-refractivity contribution is 7.89. The lowest BCUT2D eigenvalue weighted by Crippen LogP contribution is -2.31. The lowest BCUT2D eigenvalue weighted by Gasteiger charge is -2.21. The van der Waals surface area contributed by atoms with Crippen molar-refractivity contribution in [2.45, 2.75) is 17.6 Å². The van der Waals surface area contributed by atoms with E-state index in [4.69, 9.17) is 0 Å². The number of sulfonamides is 1. The number of hydrogen-bond donors (Lipinski definition) is 0. The fourth-order valence-electron chi connectivity index (χ4n) is 2.35. The first-order valence-electron chi connectivity index (χ1n) is 7.57. The summed E-state index contributed by atoms with van der Waals surface area (Å²) in [6.07, 6.45) is -3.41. The second-order valence-electron chi connectivity index (χ2n) is 5.54. The highest BCUT2D eigenvalue weighted by Gasteiger charge is 2.33. The number of nitro groups is 1. The van der Waals surface area contributed by atoms with E-state index in [0.29, 0.717) is 11.6 Å². The van der Waals surface area contributed by atoms with Gasteiger partial charge in [-0.3, -0.25) is 10.1 Å². The van der Waals surface area contributed by atoms with Gasteiger partial charge < -0.3 is 0 Å². The van der Waals surface area contributed by atoms with Crippen LogP contribution in [0.25, 0.3) is 0 Å². The molecule has 0 N–H and O–H groups in total. The Bertz CT molecular complexity index is 959. The van der Waals surface area contributed by atoms with E-state index in [-0.39, 0.29) is 18.8 Å². The Morgan fingerprint density at radius 3 is 2.41 bits per heavy atom. The van der Waals surface area contributed by atoms with Crippen molar-refractivity contribution in [3.05, 3.63) is 82.4 Å². The summed E-state index contributed by atoms with van der Waals surface area (Å²) in [4.78, 5) is 9.72. The highest BCUT2D eigenvalue weighted by atomic mass is 32.2. The Balaban J connectivity index is 2.42. The zero-order chi connectivity index (χ0) is 20.2. The summed E-state index contributed by atoms with van der Waals surface area (Å²) in [5, 5.41) is 10.9. The first-order valence-corrected chi connectivity index (χ1v) is 9.01. The normalized spacial score (nSPS) is 12.1. The van der Waals surface area contributed by atoms with Crippen LogP contribution in [0.2, 0.25) is 0 Å². The molecule has 2 aromatic rings. The van der Waals surface area contributed by atoms with E-state index < -0.39 is 31.6 Å². The lowest BCUT2D eigenvalue weighted by molar-refractivity contribution is -0.384. The molecule has 0 aromatic heterocycles. The molecular formula is C17H15F3N2O4S. The van der Waals surface area contributed by atoms with Crippen molar-refractivity contribution in [1.82, 2.24) is 4.31 Å². The summed E-state index contributed by atoms with van der Waals surface area (Å²) < 4.78 is 65.2. The van der Waals surface area contributed by atoms with Gasteiger partial charge in [-0.25, -0.2) is 8.42 Å². The first-order chi connectivity index (χ1) is 12.6. The smallest absolute Gasteiger partial charge is 0.258 e. The average Bonchev–Trinajstić information content (AvgIpc) is 2.61. The van der Waals surface area contributed by atoms with Crippen LogP contribution < -0.4 is 0 Å². The van der Waals surface area contributed by atoms with Gasteiger partial charge in [0.05, 0.1) is 15.4 Å². The third kappa shape index (κ3) is 4.92. The Morgan fingerprint density at radius 2 is 1.81 bits per heavy atom. The van der Waals surface area contributed by atoms with E-state index in [1.54, 1.807) is 0 Å². The standard InChI is InChI=1S/C17H15F3N2O4S/c1-2-9-21(12-13-5-3-7-15(10-13)22(23)24)27(25,26)16-8-4-6-14(11-16)17(18,19)20/h2-8,10-11H,1,9,12H2. The van der Waals surface area contributed by atoms with Crippen molar-refractivity contribution in [3.63, 3.8) is 0 Å². The van der Waals surface area contributed by atoms with Crippen LogP contribution in [0.5, 0.6) is 0 Å². The number of hydrogen-bond acceptors (Lipinski definition) is 4. The van der Waals surface area contributed by atoms with Crippen LogP contribution in [0.4, 0.5) is 18.9 Å². The first kappa shape index (κ1) is 20.6. The summed E-state index contributed by atoms with van der Waals surface area (Å²) in [7, 11) is -4.29. The summed E-state index contributed by atoms with van der Waals surface area (Å²) in [5.74, 6) is 0. The molecule has 0 spiro atoms. The molecule has 0 aliphatic carbocycles. The third-order valence-corrected chi connectivity index (χ3v) is 5.42. The van der Waals surface area contributed by atoms with Gasteiger partial charge in [0.25, 0.3) is 5.69 Å². The fourth-order valence-corrected chi connectivity index (χ4v) is 3.79. The molecular weight excluding hydrogens is 385 g/mol. The van der Waals surface area contributed by atoms with Gasteiger partial charge >= 0.3 is 6.18 Å². The molecule has 144 valence electrons. The van der Waals surface area contributed by atoms with Crippen LogP contribution in [-0.4, -0.2) is 24.2 Å². The summed E-state index contributed by atoms with van der Waals surface area (Å²) in [5.41, 5.74) is -0.985. The predicted molar refractivity (Wildman–Crippen MR) is 92.3 cm³/mol. The molecule has 10 heteroatoms. The van der Waals surface area contributed by atoms with E-state index in [1.807, 2.05) is 0 Å². The summed E-state index contributed by atoms with van der Waals surface area (Å²) in [6, 6.07) is 8.75.